The summed E-state index contributed by atoms with van der Waals surface area (Å²) in [6.07, 6.45) is 0.184. The maximum Gasteiger partial charge on any atom is 0.255 e. The van der Waals surface area contributed by atoms with Gasteiger partial charge in [-0.3, -0.25) is 19.3 Å². The molecule has 1 amide bonds. The lowest BCUT2D eigenvalue weighted by molar-refractivity contribution is -0.125. The van der Waals surface area contributed by atoms with Crippen LogP contribution in [0.25, 0.3) is 10.8 Å². The van der Waals surface area contributed by atoms with Gasteiger partial charge < -0.3 is 30.9 Å². The first kappa shape index (κ1) is 27.3. The number of carbonyl (C=O) groups excluding carboxylic acids is 3. The van der Waals surface area contributed by atoms with Crippen molar-refractivity contribution in [1.82, 2.24) is 4.90 Å². The lowest BCUT2D eigenvalue weighted by Crippen LogP contribution is -2.54. The number of amides is 1. The van der Waals surface area contributed by atoms with Gasteiger partial charge in [-0.15, -0.1) is 17.0 Å². The highest BCUT2D eigenvalue weighted by atomic mass is 79.9. The third-order valence-corrected chi connectivity index (χ3v) is 7.06. The number of primary amides is 1. The zero-order chi connectivity index (χ0) is 26.1. The van der Waals surface area contributed by atoms with E-state index in [1.54, 1.807) is 50.1 Å². The Morgan fingerprint density at radius 1 is 0.917 bits per heavy atom. The summed E-state index contributed by atoms with van der Waals surface area (Å²) in [5.41, 5.74) is 6.40. The van der Waals surface area contributed by atoms with Crippen molar-refractivity contribution < 1.29 is 29.7 Å². The van der Waals surface area contributed by atoms with Gasteiger partial charge in [0.05, 0.1) is 28.6 Å². The van der Waals surface area contributed by atoms with Crippen LogP contribution in [-0.2, 0) is 16.0 Å². The van der Waals surface area contributed by atoms with Crippen molar-refractivity contribution >= 4 is 56.6 Å². The molecular weight excluding hydrogens is 532 g/mol. The largest absolute Gasteiger partial charge is 0.510 e. The van der Waals surface area contributed by atoms with Crippen molar-refractivity contribution in [3.63, 3.8) is 0 Å². The molecule has 194 valence electrons. The van der Waals surface area contributed by atoms with Gasteiger partial charge in [-0.1, -0.05) is 0 Å². The van der Waals surface area contributed by atoms with Crippen LogP contribution >= 0.6 is 17.0 Å². The molecule has 0 heterocycles. The van der Waals surface area contributed by atoms with Gasteiger partial charge in [0.1, 0.15) is 17.1 Å². The number of anilines is 2. The van der Waals surface area contributed by atoms with E-state index in [0.29, 0.717) is 16.6 Å². The van der Waals surface area contributed by atoms with Gasteiger partial charge in [0.2, 0.25) is 0 Å². The summed E-state index contributed by atoms with van der Waals surface area (Å²) < 4.78 is 0. The fourth-order valence-corrected chi connectivity index (χ4v) is 5.55. The van der Waals surface area contributed by atoms with E-state index in [4.69, 9.17) is 5.73 Å². The summed E-state index contributed by atoms with van der Waals surface area (Å²) >= 11 is 0. The first-order chi connectivity index (χ1) is 16.3. The van der Waals surface area contributed by atoms with E-state index in [2.05, 4.69) is 0 Å². The Morgan fingerprint density at radius 2 is 1.50 bits per heavy atom. The Morgan fingerprint density at radius 3 is 2.00 bits per heavy atom. The lowest BCUT2D eigenvalue weighted by atomic mass is 9.64. The molecule has 2 aliphatic carbocycles. The minimum atomic E-state index is -1.30. The van der Waals surface area contributed by atoms with E-state index in [0.717, 1.165) is 5.69 Å². The number of ketones is 2. The number of carbonyl (C=O) groups is 3. The number of rotatable bonds is 4. The fraction of sp³-hybridized carbons (Fsp3) is 0.400. The topological polar surface area (TPSA) is 148 Å². The first-order valence-electron chi connectivity index (χ1n) is 11.2. The summed E-state index contributed by atoms with van der Waals surface area (Å²) in [6.45, 7) is 0. The molecule has 0 aromatic heterocycles. The quantitative estimate of drug-likeness (QED) is 0.323. The third kappa shape index (κ3) is 3.77. The van der Waals surface area contributed by atoms with E-state index >= 15 is 0 Å². The average Bonchev–Trinajstić information content (AvgIpc) is 2.72. The van der Waals surface area contributed by atoms with E-state index in [1.807, 2.05) is 19.0 Å². The second-order valence-corrected chi connectivity index (χ2v) is 9.84. The number of likely N-dealkylation sites (N-methyl/N-ethyl adjacent to an activating group) is 1. The molecule has 0 unspecified atom stereocenters. The Hall–Kier alpha value is -3.31. The van der Waals surface area contributed by atoms with Gasteiger partial charge in [-0.2, -0.15) is 0 Å². The summed E-state index contributed by atoms with van der Waals surface area (Å²) in [5.74, 6) is -5.66. The number of halogens is 1. The van der Waals surface area contributed by atoms with Crippen molar-refractivity contribution in [2.45, 2.75) is 12.5 Å². The SMILES string of the molecule is Br.CN(C)c1cc(N(C)C)c2cc3c(c(O)c2c1O)C(=O)[C@@H]1C(=O)C(C(N)=O)=C(O)[C@@H](N(C)C)[C@@H]1C3. The minimum Gasteiger partial charge on any atom is -0.510 e. The second-order valence-electron chi connectivity index (χ2n) is 9.84. The van der Waals surface area contributed by atoms with E-state index in [9.17, 15) is 29.7 Å². The van der Waals surface area contributed by atoms with Crippen molar-refractivity contribution in [2.75, 3.05) is 52.1 Å². The molecule has 36 heavy (non-hydrogen) atoms. The van der Waals surface area contributed by atoms with Gasteiger partial charge in [-0.25, -0.2) is 0 Å². The molecule has 0 spiro atoms. The monoisotopic (exact) mass is 562 g/mol. The van der Waals surface area contributed by atoms with Crippen molar-refractivity contribution in [2.24, 2.45) is 17.6 Å². The predicted octanol–water partition coefficient (Wildman–Crippen LogP) is 1.74. The zero-order valence-electron chi connectivity index (χ0n) is 21.0. The Bertz CT molecular complexity index is 1330. The average molecular weight is 563 g/mol. The van der Waals surface area contributed by atoms with Crippen LogP contribution in [0.4, 0.5) is 11.4 Å². The number of aliphatic hydroxyl groups is 1. The Labute approximate surface area is 219 Å². The van der Waals surface area contributed by atoms with Crippen molar-refractivity contribution in [3.8, 4) is 11.5 Å². The highest BCUT2D eigenvalue weighted by molar-refractivity contribution is 8.93. The molecule has 3 atom stereocenters. The number of fused-ring (bicyclic) bond motifs is 3. The standard InChI is InChI=1S/C25H30N4O6.BrH/c1-27(2)13-9-14(28(3)4)20(30)16-11(13)7-10-8-12-17(22(32)15(10)21(16)31)23(33)18(25(26)35)24(34)19(12)29(5)6;/h7,9,12,17,19,30-31,34H,8H2,1-6H3,(H2,26,35);1H/t12-,17-,19+;/m1./s1. The number of phenols is 2. The number of phenolic OH excluding ortho intramolecular Hbond substituents is 2. The summed E-state index contributed by atoms with van der Waals surface area (Å²) in [4.78, 5) is 44.2. The minimum absolute atomic E-state index is 0. The number of nitrogens with zero attached hydrogens (tertiary/aromatic N) is 3. The van der Waals surface area contributed by atoms with Crippen molar-refractivity contribution in [3.05, 3.63) is 34.6 Å². The molecule has 0 fully saturated rings. The van der Waals surface area contributed by atoms with Gasteiger partial charge in [-0.05, 0) is 38.2 Å². The number of Topliss-reactive ketones (excluding diaryl/α,β-unsaturated/α-hetero) is 2. The lowest BCUT2D eigenvalue weighted by Gasteiger charge is -2.42. The molecule has 0 aliphatic heterocycles. The molecule has 2 aromatic rings. The van der Waals surface area contributed by atoms with Gasteiger partial charge in [0.25, 0.3) is 5.91 Å². The number of hydrogen-bond acceptors (Lipinski definition) is 9. The number of benzene rings is 2. The van der Waals surface area contributed by atoms with Crippen LogP contribution < -0.4 is 15.5 Å². The molecule has 0 saturated heterocycles. The number of aromatic hydroxyl groups is 2. The molecule has 2 aliphatic rings. The molecule has 5 N–H and O–H groups in total. The van der Waals surface area contributed by atoms with Crippen LogP contribution in [0.3, 0.4) is 0 Å². The van der Waals surface area contributed by atoms with Crippen LogP contribution in [0.2, 0.25) is 0 Å². The van der Waals surface area contributed by atoms with Crippen LogP contribution in [0.1, 0.15) is 15.9 Å². The van der Waals surface area contributed by atoms with Crippen LogP contribution in [0.15, 0.2) is 23.5 Å². The molecule has 0 bridgehead atoms. The molecule has 0 radical (unpaired) electrons. The van der Waals surface area contributed by atoms with Gasteiger partial charge >= 0.3 is 0 Å². The van der Waals surface area contributed by atoms with Crippen LogP contribution in [-0.4, -0.2) is 86.0 Å². The molecule has 2 aromatic carbocycles. The Balaban J connectivity index is 0.00000361. The van der Waals surface area contributed by atoms with Gasteiger partial charge in [0.15, 0.2) is 17.3 Å². The summed E-state index contributed by atoms with van der Waals surface area (Å²) in [5, 5.41) is 33.8. The molecule has 0 saturated carbocycles. The zero-order valence-corrected chi connectivity index (χ0v) is 22.7. The fourth-order valence-electron chi connectivity index (χ4n) is 5.55. The van der Waals surface area contributed by atoms with Crippen LogP contribution in [0, 0.1) is 11.8 Å². The van der Waals surface area contributed by atoms with E-state index < -0.39 is 52.4 Å². The molecule has 11 heteroatoms. The highest BCUT2D eigenvalue weighted by Crippen LogP contribution is 2.50. The smallest absolute Gasteiger partial charge is 0.255 e. The van der Waals surface area contributed by atoms with Gasteiger partial charge in [0, 0.05) is 45.2 Å². The highest BCUT2D eigenvalue weighted by Gasteiger charge is 2.53. The summed E-state index contributed by atoms with van der Waals surface area (Å²) in [6, 6.07) is 2.74. The van der Waals surface area contributed by atoms with Crippen LogP contribution in [0.5, 0.6) is 11.5 Å². The molecule has 10 nitrogen and oxygen atoms in total. The number of nitrogens with two attached hydrogens (primary N) is 1. The number of aliphatic hydroxyl groups excluding tert-OH is 1. The second kappa shape index (κ2) is 9.29. The number of hydrogen-bond donors (Lipinski definition) is 4. The maximum atomic E-state index is 13.8. The Kier molecular flexibility index (Phi) is 7.04. The molecular formula is C25H31BrN4O6. The van der Waals surface area contributed by atoms with E-state index in [-0.39, 0.29) is 40.1 Å². The van der Waals surface area contributed by atoms with E-state index in [1.165, 1.54) is 0 Å². The predicted molar refractivity (Wildman–Crippen MR) is 143 cm³/mol. The first-order valence-corrected chi connectivity index (χ1v) is 11.2. The summed E-state index contributed by atoms with van der Waals surface area (Å²) in [7, 11) is 10.5. The third-order valence-electron chi connectivity index (χ3n) is 7.06. The maximum absolute atomic E-state index is 13.8. The normalized spacial score (nSPS) is 21.2. The van der Waals surface area contributed by atoms with Crippen molar-refractivity contribution in [1.29, 1.82) is 0 Å². The molecule has 4 rings (SSSR count).